The minimum absolute atomic E-state index is 0.235. The van der Waals surface area contributed by atoms with Gasteiger partial charge in [0.2, 0.25) is 0 Å². The van der Waals surface area contributed by atoms with E-state index < -0.39 is 0 Å². The molecule has 96 valence electrons. The fourth-order valence-electron chi connectivity index (χ4n) is 2.49. The minimum Gasteiger partial charge on any atom is -0.373 e. The van der Waals surface area contributed by atoms with Crippen LogP contribution in [0.3, 0.4) is 0 Å². The van der Waals surface area contributed by atoms with Gasteiger partial charge in [-0.15, -0.1) is 0 Å². The van der Waals surface area contributed by atoms with E-state index in [-0.39, 0.29) is 18.5 Å². The first-order chi connectivity index (χ1) is 8.69. The fraction of sp³-hybridized carbons (Fsp3) is 0.533. The molecule has 0 bridgehead atoms. The zero-order chi connectivity index (χ0) is 13.0. The molecular formula is C15H18FNO. The van der Waals surface area contributed by atoms with Crippen LogP contribution in [0.5, 0.6) is 0 Å². The van der Waals surface area contributed by atoms with Crippen LogP contribution in [0.2, 0.25) is 0 Å². The predicted octanol–water partition coefficient (Wildman–Crippen LogP) is 3.79. The van der Waals surface area contributed by atoms with Gasteiger partial charge < -0.3 is 4.74 Å². The van der Waals surface area contributed by atoms with Gasteiger partial charge in [0.15, 0.2) is 0 Å². The molecule has 1 saturated carbocycles. The molecule has 2 nitrogen and oxygen atoms in total. The maximum absolute atomic E-state index is 13.5. The number of rotatable bonds is 3. The average molecular weight is 247 g/mol. The van der Waals surface area contributed by atoms with Crippen LogP contribution >= 0.6 is 0 Å². The molecule has 0 heterocycles. The van der Waals surface area contributed by atoms with Gasteiger partial charge in [-0.1, -0.05) is 19.8 Å². The van der Waals surface area contributed by atoms with Gasteiger partial charge in [-0.05, 0) is 37.0 Å². The second-order valence-electron chi connectivity index (χ2n) is 5.12. The van der Waals surface area contributed by atoms with Crippen molar-refractivity contribution >= 4 is 0 Å². The lowest BCUT2D eigenvalue weighted by Crippen LogP contribution is -2.21. The number of benzene rings is 1. The highest BCUT2D eigenvalue weighted by molar-refractivity contribution is 5.33. The molecule has 0 amide bonds. The molecule has 2 unspecified atom stereocenters. The highest BCUT2D eigenvalue weighted by atomic mass is 19.1. The zero-order valence-corrected chi connectivity index (χ0v) is 10.7. The average Bonchev–Trinajstić information content (AvgIpc) is 2.38. The van der Waals surface area contributed by atoms with E-state index in [0.29, 0.717) is 17.0 Å². The SMILES string of the molecule is CC1CCCC(OCc2cc(C#N)ccc2F)C1. The molecule has 3 heteroatoms. The summed E-state index contributed by atoms with van der Waals surface area (Å²) in [4.78, 5) is 0. The number of halogens is 1. The lowest BCUT2D eigenvalue weighted by Gasteiger charge is -2.26. The molecule has 0 radical (unpaired) electrons. The molecule has 2 rings (SSSR count). The minimum atomic E-state index is -0.294. The zero-order valence-electron chi connectivity index (χ0n) is 10.7. The van der Waals surface area contributed by atoms with Crippen molar-refractivity contribution in [1.82, 2.24) is 0 Å². The Bertz CT molecular complexity index is 452. The summed E-state index contributed by atoms with van der Waals surface area (Å²) in [5, 5.41) is 8.79. The number of ether oxygens (including phenoxy) is 1. The van der Waals surface area contributed by atoms with E-state index in [2.05, 4.69) is 6.92 Å². The van der Waals surface area contributed by atoms with Gasteiger partial charge in [0.25, 0.3) is 0 Å². The number of nitriles is 1. The van der Waals surface area contributed by atoms with Crippen molar-refractivity contribution in [2.75, 3.05) is 0 Å². The summed E-state index contributed by atoms with van der Waals surface area (Å²) in [5.41, 5.74) is 0.958. The van der Waals surface area contributed by atoms with Gasteiger partial charge in [-0.25, -0.2) is 4.39 Å². The molecule has 1 aromatic rings. The lowest BCUT2D eigenvalue weighted by atomic mass is 9.89. The van der Waals surface area contributed by atoms with E-state index >= 15 is 0 Å². The summed E-state index contributed by atoms with van der Waals surface area (Å²) >= 11 is 0. The molecule has 0 aliphatic heterocycles. The Balaban J connectivity index is 1.95. The molecule has 0 spiro atoms. The predicted molar refractivity (Wildman–Crippen MR) is 67.3 cm³/mol. The number of nitrogens with zero attached hydrogens (tertiary/aromatic N) is 1. The molecule has 2 atom stereocenters. The van der Waals surface area contributed by atoms with Gasteiger partial charge in [0.05, 0.1) is 24.3 Å². The smallest absolute Gasteiger partial charge is 0.128 e. The Morgan fingerprint density at radius 2 is 2.28 bits per heavy atom. The number of hydrogen-bond acceptors (Lipinski definition) is 2. The summed E-state index contributed by atoms with van der Waals surface area (Å²) in [6.07, 6.45) is 4.80. The molecule has 1 aliphatic rings. The third-order valence-corrected chi connectivity index (χ3v) is 3.54. The van der Waals surface area contributed by atoms with Crippen molar-refractivity contribution in [3.63, 3.8) is 0 Å². The van der Waals surface area contributed by atoms with Gasteiger partial charge in [0.1, 0.15) is 5.82 Å². The fourth-order valence-corrected chi connectivity index (χ4v) is 2.49. The summed E-state index contributed by atoms with van der Waals surface area (Å²) in [6, 6.07) is 6.41. The normalized spacial score (nSPS) is 23.6. The standard InChI is InChI=1S/C15H18FNO/c1-11-3-2-4-14(7-11)18-10-13-8-12(9-17)5-6-15(13)16/h5-6,8,11,14H,2-4,7,10H2,1H3. The first-order valence-electron chi connectivity index (χ1n) is 6.49. The topological polar surface area (TPSA) is 33.0 Å². The Morgan fingerprint density at radius 3 is 3.00 bits per heavy atom. The van der Waals surface area contributed by atoms with Crippen molar-refractivity contribution in [1.29, 1.82) is 5.26 Å². The molecule has 0 aromatic heterocycles. The van der Waals surface area contributed by atoms with Crippen LogP contribution in [0.4, 0.5) is 4.39 Å². The second-order valence-corrected chi connectivity index (χ2v) is 5.12. The summed E-state index contributed by atoms with van der Waals surface area (Å²) in [6.45, 7) is 2.49. The van der Waals surface area contributed by atoms with Crippen LogP contribution in [0.1, 0.15) is 43.7 Å². The van der Waals surface area contributed by atoms with E-state index in [0.717, 1.165) is 12.8 Å². The van der Waals surface area contributed by atoms with Crippen LogP contribution < -0.4 is 0 Å². The summed E-state index contributed by atoms with van der Waals surface area (Å²) in [5.74, 6) is 0.400. The first kappa shape index (κ1) is 13.0. The Hall–Kier alpha value is -1.40. The molecule has 1 fully saturated rings. The Labute approximate surface area is 107 Å². The largest absolute Gasteiger partial charge is 0.373 e. The quantitative estimate of drug-likeness (QED) is 0.814. The number of hydrogen-bond donors (Lipinski definition) is 0. The van der Waals surface area contributed by atoms with Crippen molar-refractivity contribution in [2.24, 2.45) is 5.92 Å². The van der Waals surface area contributed by atoms with Gasteiger partial charge in [0, 0.05) is 5.56 Å². The van der Waals surface area contributed by atoms with Gasteiger partial charge in [-0.2, -0.15) is 5.26 Å². The van der Waals surface area contributed by atoms with E-state index in [1.165, 1.54) is 25.0 Å². The van der Waals surface area contributed by atoms with E-state index in [4.69, 9.17) is 10.00 Å². The molecule has 0 N–H and O–H groups in total. The van der Waals surface area contributed by atoms with Crippen LogP contribution in [-0.2, 0) is 11.3 Å². The third-order valence-electron chi connectivity index (χ3n) is 3.54. The van der Waals surface area contributed by atoms with E-state index in [9.17, 15) is 4.39 Å². The van der Waals surface area contributed by atoms with Crippen LogP contribution in [0.25, 0.3) is 0 Å². The van der Waals surface area contributed by atoms with Gasteiger partial charge >= 0.3 is 0 Å². The Kier molecular flexibility index (Phi) is 4.33. The molecule has 18 heavy (non-hydrogen) atoms. The molecule has 1 aromatic carbocycles. The highest BCUT2D eigenvalue weighted by Crippen LogP contribution is 2.26. The molecule has 0 saturated heterocycles. The summed E-state index contributed by atoms with van der Waals surface area (Å²) < 4.78 is 19.3. The van der Waals surface area contributed by atoms with Crippen LogP contribution in [0.15, 0.2) is 18.2 Å². The highest BCUT2D eigenvalue weighted by Gasteiger charge is 2.19. The van der Waals surface area contributed by atoms with Crippen molar-refractivity contribution in [3.8, 4) is 6.07 Å². The molecular weight excluding hydrogens is 229 g/mol. The maximum atomic E-state index is 13.5. The lowest BCUT2D eigenvalue weighted by molar-refractivity contribution is 0.00352. The van der Waals surface area contributed by atoms with Crippen molar-refractivity contribution in [2.45, 2.75) is 45.3 Å². The maximum Gasteiger partial charge on any atom is 0.128 e. The van der Waals surface area contributed by atoms with Crippen LogP contribution in [-0.4, -0.2) is 6.10 Å². The first-order valence-corrected chi connectivity index (χ1v) is 6.49. The Morgan fingerprint density at radius 1 is 1.44 bits per heavy atom. The van der Waals surface area contributed by atoms with Crippen molar-refractivity contribution < 1.29 is 9.13 Å². The summed E-state index contributed by atoms with van der Waals surface area (Å²) in [7, 11) is 0. The monoisotopic (exact) mass is 247 g/mol. The van der Waals surface area contributed by atoms with E-state index in [1.54, 1.807) is 6.07 Å². The van der Waals surface area contributed by atoms with Crippen LogP contribution in [0, 0.1) is 23.1 Å². The van der Waals surface area contributed by atoms with Crippen molar-refractivity contribution in [3.05, 3.63) is 35.1 Å². The molecule has 1 aliphatic carbocycles. The second kappa shape index (κ2) is 5.97. The third kappa shape index (κ3) is 3.30. The van der Waals surface area contributed by atoms with Gasteiger partial charge in [-0.3, -0.25) is 0 Å². The van der Waals surface area contributed by atoms with E-state index in [1.807, 2.05) is 6.07 Å².